The number of anilines is 2. The van der Waals surface area contributed by atoms with Crippen molar-refractivity contribution in [1.29, 1.82) is 0 Å². The lowest BCUT2D eigenvalue weighted by Gasteiger charge is -2.35. The lowest BCUT2D eigenvalue weighted by Crippen LogP contribution is -2.39. The Labute approximate surface area is 186 Å². The molecule has 2 aromatic rings. The number of carbonyl (C=O) groups is 1. The van der Waals surface area contributed by atoms with Gasteiger partial charge in [-0.1, -0.05) is 37.2 Å². The van der Waals surface area contributed by atoms with Crippen molar-refractivity contribution in [2.45, 2.75) is 25.3 Å². The Bertz CT molecular complexity index is 889. The van der Waals surface area contributed by atoms with Crippen LogP contribution in [-0.4, -0.2) is 48.9 Å². The topological polar surface area (TPSA) is 76.6 Å². The van der Waals surface area contributed by atoms with Gasteiger partial charge in [-0.15, -0.1) is 0 Å². The van der Waals surface area contributed by atoms with Crippen molar-refractivity contribution in [2.75, 3.05) is 43.3 Å². The van der Waals surface area contributed by atoms with Crippen LogP contribution in [0.15, 0.2) is 29.6 Å². The molecular formula is C21H27ClN4O3S. The zero-order valence-electron chi connectivity index (χ0n) is 17.6. The van der Waals surface area contributed by atoms with Crippen LogP contribution in [0.4, 0.5) is 11.5 Å². The number of hydrogen-bond donors (Lipinski definition) is 1. The zero-order chi connectivity index (χ0) is 21.7. The molecule has 1 aromatic heterocycles. The number of piperidine rings is 1. The molecule has 0 spiro atoms. The number of methoxy groups -OCH3 is 2. The first-order valence-corrected chi connectivity index (χ1v) is 11.2. The number of thioether (sulfide) groups is 1. The fraction of sp³-hybridized carbons (Fsp3) is 0.476. The molecule has 30 heavy (non-hydrogen) atoms. The van der Waals surface area contributed by atoms with E-state index in [1.807, 2.05) is 6.07 Å². The van der Waals surface area contributed by atoms with Gasteiger partial charge in [0.2, 0.25) is 5.91 Å². The maximum Gasteiger partial charge on any atom is 0.234 e. The quantitative estimate of drug-likeness (QED) is 0.496. The van der Waals surface area contributed by atoms with Gasteiger partial charge in [-0.2, -0.15) is 0 Å². The Morgan fingerprint density at radius 3 is 2.53 bits per heavy atom. The third-order valence-electron chi connectivity index (χ3n) is 4.92. The predicted octanol–water partition coefficient (Wildman–Crippen LogP) is 4.36. The smallest absolute Gasteiger partial charge is 0.234 e. The molecule has 2 unspecified atom stereocenters. The highest BCUT2D eigenvalue weighted by Crippen LogP contribution is 2.36. The van der Waals surface area contributed by atoms with Crippen LogP contribution in [0.5, 0.6) is 11.5 Å². The highest BCUT2D eigenvalue weighted by molar-refractivity contribution is 7.99. The first kappa shape index (κ1) is 22.5. The van der Waals surface area contributed by atoms with Crippen LogP contribution in [-0.2, 0) is 4.79 Å². The second-order valence-electron chi connectivity index (χ2n) is 7.59. The average Bonchev–Trinajstić information content (AvgIpc) is 2.72. The number of amides is 1. The van der Waals surface area contributed by atoms with Crippen LogP contribution in [0.3, 0.4) is 0 Å². The standard InChI is InChI=1S/C21H27ClN4O3S/c1-13-5-14(2)10-26(9-13)19-8-21(24-12-23-19)30-11-20(27)25-16-6-15(22)17(28-3)7-18(16)29-4/h6-8,12-14H,5,9-11H2,1-4H3,(H,25,27). The van der Waals surface area contributed by atoms with Crippen molar-refractivity contribution < 1.29 is 14.3 Å². The first-order valence-electron chi connectivity index (χ1n) is 9.80. The van der Waals surface area contributed by atoms with Gasteiger partial charge in [-0.25, -0.2) is 9.97 Å². The summed E-state index contributed by atoms with van der Waals surface area (Å²) in [5.41, 5.74) is 0.494. The van der Waals surface area contributed by atoms with Crippen molar-refractivity contribution in [1.82, 2.24) is 9.97 Å². The van der Waals surface area contributed by atoms with Gasteiger partial charge in [-0.3, -0.25) is 4.79 Å². The minimum atomic E-state index is -0.181. The molecule has 9 heteroatoms. The summed E-state index contributed by atoms with van der Waals surface area (Å²) in [5, 5.41) is 3.99. The van der Waals surface area contributed by atoms with Gasteiger partial charge in [0.15, 0.2) is 0 Å². The molecule has 3 rings (SSSR count). The zero-order valence-corrected chi connectivity index (χ0v) is 19.2. The van der Waals surface area contributed by atoms with Gasteiger partial charge in [0.05, 0.1) is 30.7 Å². The van der Waals surface area contributed by atoms with E-state index in [9.17, 15) is 4.79 Å². The molecule has 1 aliphatic heterocycles. The third-order valence-corrected chi connectivity index (χ3v) is 6.14. The van der Waals surface area contributed by atoms with Crippen molar-refractivity contribution in [3.05, 3.63) is 29.5 Å². The van der Waals surface area contributed by atoms with E-state index in [4.69, 9.17) is 21.1 Å². The number of nitrogens with zero attached hydrogens (tertiary/aromatic N) is 3. The van der Waals surface area contributed by atoms with E-state index in [1.54, 1.807) is 18.5 Å². The molecule has 0 bridgehead atoms. The number of aromatic nitrogens is 2. The second-order valence-corrected chi connectivity index (χ2v) is 8.99. The van der Waals surface area contributed by atoms with E-state index < -0.39 is 0 Å². The maximum absolute atomic E-state index is 12.5. The van der Waals surface area contributed by atoms with Crippen LogP contribution in [0.2, 0.25) is 5.02 Å². The van der Waals surface area contributed by atoms with Gasteiger partial charge in [0.1, 0.15) is 28.7 Å². The van der Waals surface area contributed by atoms with Gasteiger partial charge in [0.25, 0.3) is 0 Å². The molecule has 1 amide bonds. The van der Waals surface area contributed by atoms with E-state index in [0.29, 0.717) is 34.0 Å². The minimum absolute atomic E-state index is 0.181. The fourth-order valence-corrected chi connectivity index (χ4v) is 4.62. The highest BCUT2D eigenvalue weighted by Gasteiger charge is 2.23. The minimum Gasteiger partial charge on any atom is -0.495 e. The lowest BCUT2D eigenvalue weighted by atomic mass is 9.92. The number of hydrogen-bond acceptors (Lipinski definition) is 7. The molecule has 7 nitrogen and oxygen atoms in total. The Morgan fingerprint density at radius 1 is 1.17 bits per heavy atom. The molecule has 1 aromatic carbocycles. The number of halogens is 1. The van der Waals surface area contributed by atoms with E-state index in [-0.39, 0.29) is 11.7 Å². The molecule has 1 N–H and O–H groups in total. The number of benzene rings is 1. The highest BCUT2D eigenvalue weighted by atomic mass is 35.5. The summed E-state index contributed by atoms with van der Waals surface area (Å²) in [7, 11) is 3.05. The summed E-state index contributed by atoms with van der Waals surface area (Å²) in [6.07, 6.45) is 2.80. The fourth-order valence-electron chi connectivity index (χ4n) is 3.72. The van der Waals surface area contributed by atoms with Crippen LogP contribution < -0.4 is 19.7 Å². The molecule has 1 saturated heterocycles. The largest absolute Gasteiger partial charge is 0.495 e. The van der Waals surface area contributed by atoms with Crippen LogP contribution in [0.1, 0.15) is 20.3 Å². The van der Waals surface area contributed by atoms with Crippen molar-refractivity contribution >= 4 is 40.8 Å². The van der Waals surface area contributed by atoms with E-state index in [1.165, 1.54) is 32.4 Å². The van der Waals surface area contributed by atoms with Crippen LogP contribution >= 0.6 is 23.4 Å². The van der Waals surface area contributed by atoms with E-state index in [2.05, 4.69) is 34.0 Å². The van der Waals surface area contributed by atoms with E-state index >= 15 is 0 Å². The number of nitrogens with one attached hydrogen (secondary N) is 1. The number of ether oxygens (including phenoxy) is 2. The molecule has 1 aliphatic rings. The summed E-state index contributed by atoms with van der Waals surface area (Å²) in [5.74, 6) is 3.17. The summed E-state index contributed by atoms with van der Waals surface area (Å²) in [4.78, 5) is 23.5. The van der Waals surface area contributed by atoms with Crippen LogP contribution in [0, 0.1) is 11.8 Å². The van der Waals surface area contributed by atoms with Crippen molar-refractivity contribution in [3.8, 4) is 11.5 Å². The van der Waals surface area contributed by atoms with Gasteiger partial charge >= 0.3 is 0 Å². The summed E-state index contributed by atoms with van der Waals surface area (Å²) in [6, 6.07) is 5.21. The Balaban J connectivity index is 1.62. The molecule has 1 fully saturated rings. The lowest BCUT2D eigenvalue weighted by molar-refractivity contribution is -0.113. The molecule has 2 atom stereocenters. The average molecular weight is 451 g/mol. The molecule has 0 saturated carbocycles. The molecule has 162 valence electrons. The van der Waals surface area contributed by atoms with E-state index in [0.717, 1.165) is 23.9 Å². The van der Waals surface area contributed by atoms with Crippen molar-refractivity contribution in [2.24, 2.45) is 11.8 Å². The second kappa shape index (κ2) is 10.2. The maximum atomic E-state index is 12.5. The summed E-state index contributed by atoms with van der Waals surface area (Å²) < 4.78 is 10.5. The van der Waals surface area contributed by atoms with Crippen molar-refractivity contribution in [3.63, 3.8) is 0 Å². The predicted molar refractivity (Wildman–Crippen MR) is 121 cm³/mol. The molecule has 0 aliphatic carbocycles. The molecule has 0 radical (unpaired) electrons. The Hall–Kier alpha value is -2.19. The van der Waals surface area contributed by atoms with Crippen LogP contribution in [0.25, 0.3) is 0 Å². The van der Waals surface area contributed by atoms with Gasteiger partial charge < -0.3 is 19.7 Å². The third kappa shape index (κ3) is 5.70. The van der Waals surface area contributed by atoms with Gasteiger partial charge in [0, 0.05) is 25.2 Å². The normalized spacial score (nSPS) is 18.8. The summed E-state index contributed by atoms with van der Waals surface area (Å²) >= 11 is 7.53. The Morgan fingerprint density at radius 2 is 1.87 bits per heavy atom. The number of carbonyl (C=O) groups excluding carboxylic acids is 1. The Kier molecular flexibility index (Phi) is 7.66. The SMILES string of the molecule is COc1cc(OC)c(NC(=O)CSc2cc(N3CC(C)CC(C)C3)ncn2)cc1Cl. The summed E-state index contributed by atoms with van der Waals surface area (Å²) in [6.45, 7) is 6.51. The molecule has 2 heterocycles. The molecular weight excluding hydrogens is 424 g/mol. The monoisotopic (exact) mass is 450 g/mol. The first-order chi connectivity index (χ1) is 14.4. The van der Waals surface area contributed by atoms with Gasteiger partial charge in [-0.05, 0) is 24.3 Å². The number of rotatable bonds is 7.